The summed E-state index contributed by atoms with van der Waals surface area (Å²) in [7, 11) is 0. The van der Waals surface area contributed by atoms with Gasteiger partial charge >= 0.3 is 5.97 Å². The lowest BCUT2D eigenvalue weighted by molar-refractivity contribution is -0.142. The predicted molar refractivity (Wildman–Crippen MR) is 101 cm³/mol. The molecule has 2 N–H and O–H groups in total. The minimum absolute atomic E-state index is 0.0880. The Morgan fingerprint density at radius 1 is 1.19 bits per heavy atom. The normalized spacial score (nSPS) is 21.2. The van der Waals surface area contributed by atoms with Crippen LogP contribution >= 0.6 is 0 Å². The second-order valence-corrected chi connectivity index (χ2v) is 7.81. The van der Waals surface area contributed by atoms with Gasteiger partial charge in [0.05, 0.1) is 5.92 Å². The van der Waals surface area contributed by atoms with Gasteiger partial charge in [-0.2, -0.15) is 0 Å². The minimum atomic E-state index is -0.936. The molecule has 2 atom stereocenters. The largest absolute Gasteiger partial charge is 0.481 e. The lowest BCUT2D eigenvalue weighted by Gasteiger charge is -2.34. The number of aliphatic carboxylic acids is 1. The fourth-order valence-electron chi connectivity index (χ4n) is 4.28. The van der Waals surface area contributed by atoms with Gasteiger partial charge in [-0.1, -0.05) is 43.5 Å². The average Bonchev–Trinajstić information content (AvgIpc) is 2.67. The number of rotatable bonds is 5. The molecule has 0 spiro atoms. The second-order valence-electron chi connectivity index (χ2n) is 7.81. The van der Waals surface area contributed by atoms with Crippen molar-refractivity contribution in [1.29, 1.82) is 0 Å². The maximum Gasteiger partial charge on any atom is 0.312 e. The van der Waals surface area contributed by atoms with Crippen molar-refractivity contribution in [3.63, 3.8) is 0 Å². The van der Waals surface area contributed by atoms with Crippen LogP contribution in [-0.4, -0.2) is 40.4 Å². The monoisotopic (exact) mass is 372 g/mol. The second kappa shape index (κ2) is 8.55. The maximum absolute atomic E-state index is 12.8. The molecule has 1 aromatic rings. The Bertz CT molecular complexity index is 712. The number of hydrogen-bond acceptors (Lipinski definition) is 3. The fourth-order valence-corrected chi connectivity index (χ4v) is 4.28. The van der Waals surface area contributed by atoms with E-state index in [-0.39, 0.29) is 18.4 Å². The number of fused-ring (bicyclic) bond motifs is 1. The summed E-state index contributed by atoms with van der Waals surface area (Å²) in [5.74, 6) is -1.57. The van der Waals surface area contributed by atoms with E-state index in [1.165, 1.54) is 19.3 Å². The topological polar surface area (TPSA) is 86.7 Å². The van der Waals surface area contributed by atoms with Crippen LogP contribution in [0.5, 0.6) is 0 Å². The van der Waals surface area contributed by atoms with Crippen LogP contribution in [0.3, 0.4) is 0 Å². The molecule has 1 aliphatic heterocycles. The van der Waals surface area contributed by atoms with E-state index in [1.54, 1.807) is 11.8 Å². The number of carbonyl (C=O) groups is 3. The molecular formula is C21H28N2O4. The number of carboxylic acid groups (broad SMARTS) is 1. The Hall–Kier alpha value is -2.37. The van der Waals surface area contributed by atoms with E-state index >= 15 is 0 Å². The first kappa shape index (κ1) is 19.4. The van der Waals surface area contributed by atoms with Crippen molar-refractivity contribution in [2.24, 2.45) is 5.92 Å². The highest BCUT2D eigenvalue weighted by Gasteiger charge is 2.34. The molecule has 0 saturated heterocycles. The number of benzene rings is 1. The number of hydrogen-bond donors (Lipinski definition) is 2. The van der Waals surface area contributed by atoms with Crippen LogP contribution in [0.25, 0.3) is 0 Å². The highest BCUT2D eigenvalue weighted by Crippen LogP contribution is 2.29. The first-order valence-corrected chi connectivity index (χ1v) is 9.84. The summed E-state index contributed by atoms with van der Waals surface area (Å²) >= 11 is 0. The van der Waals surface area contributed by atoms with E-state index in [4.69, 9.17) is 0 Å². The van der Waals surface area contributed by atoms with Gasteiger partial charge in [0.25, 0.3) is 0 Å². The van der Waals surface area contributed by atoms with E-state index in [2.05, 4.69) is 5.32 Å². The van der Waals surface area contributed by atoms with Crippen molar-refractivity contribution in [3.05, 3.63) is 35.4 Å². The molecule has 2 unspecified atom stereocenters. The predicted octanol–water partition coefficient (Wildman–Crippen LogP) is 2.67. The van der Waals surface area contributed by atoms with Gasteiger partial charge in [0.2, 0.25) is 11.8 Å². The molecule has 6 heteroatoms. The molecule has 3 rings (SSSR count). The first-order chi connectivity index (χ1) is 13.0. The van der Waals surface area contributed by atoms with Crippen molar-refractivity contribution in [1.82, 2.24) is 10.2 Å². The standard InChI is InChI=1S/C21H28N2O4/c1-14(22-19(24)11-15-7-3-2-4-8-15)20(25)23-12-16-9-5-6-10-17(16)18(13-23)21(26)27/h5-6,9-10,14-15,18H,2-4,7-8,11-13H2,1H3,(H,22,24)(H,26,27). The Kier molecular flexibility index (Phi) is 6.14. The summed E-state index contributed by atoms with van der Waals surface area (Å²) in [5, 5.41) is 12.4. The SMILES string of the molecule is CC(NC(=O)CC1CCCCC1)C(=O)N1Cc2ccccc2C(C(=O)O)C1. The molecule has 146 valence electrons. The van der Waals surface area contributed by atoms with Crippen molar-refractivity contribution in [2.75, 3.05) is 6.54 Å². The molecule has 1 aromatic carbocycles. The molecule has 6 nitrogen and oxygen atoms in total. The summed E-state index contributed by atoms with van der Waals surface area (Å²) in [6.07, 6.45) is 6.23. The van der Waals surface area contributed by atoms with Gasteiger partial charge in [-0.3, -0.25) is 14.4 Å². The van der Waals surface area contributed by atoms with Crippen LogP contribution in [-0.2, 0) is 20.9 Å². The molecule has 1 aliphatic carbocycles. The number of carbonyl (C=O) groups excluding carboxylic acids is 2. The van der Waals surface area contributed by atoms with Crippen LogP contribution < -0.4 is 5.32 Å². The zero-order valence-electron chi connectivity index (χ0n) is 15.8. The van der Waals surface area contributed by atoms with Gasteiger partial charge in [-0.25, -0.2) is 0 Å². The molecule has 0 radical (unpaired) electrons. The van der Waals surface area contributed by atoms with E-state index < -0.39 is 17.9 Å². The zero-order chi connectivity index (χ0) is 19.4. The van der Waals surface area contributed by atoms with Crippen molar-refractivity contribution in [2.45, 2.75) is 64.0 Å². The van der Waals surface area contributed by atoms with Gasteiger partial charge < -0.3 is 15.3 Å². The highest BCUT2D eigenvalue weighted by molar-refractivity contribution is 5.88. The van der Waals surface area contributed by atoms with Crippen LogP contribution in [0.4, 0.5) is 0 Å². The summed E-state index contributed by atoms with van der Waals surface area (Å²) in [6, 6.07) is 6.69. The Labute approximate surface area is 159 Å². The summed E-state index contributed by atoms with van der Waals surface area (Å²) in [6.45, 7) is 2.19. The summed E-state index contributed by atoms with van der Waals surface area (Å²) < 4.78 is 0. The molecule has 1 fully saturated rings. The van der Waals surface area contributed by atoms with Gasteiger partial charge in [0, 0.05) is 19.5 Å². The average molecular weight is 372 g/mol. The third kappa shape index (κ3) is 4.67. The highest BCUT2D eigenvalue weighted by atomic mass is 16.4. The first-order valence-electron chi connectivity index (χ1n) is 9.84. The number of nitrogens with one attached hydrogen (secondary N) is 1. The maximum atomic E-state index is 12.8. The van der Waals surface area contributed by atoms with Crippen molar-refractivity contribution < 1.29 is 19.5 Å². The lowest BCUT2D eigenvalue weighted by atomic mass is 9.87. The van der Waals surface area contributed by atoms with Crippen LogP contribution in [0.15, 0.2) is 24.3 Å². The zero-order valence-corrected chi connectivity index (χ0v) is 15.8. The Balaban J connectivity index is 1.61. The molecule has 1 heterocycles. The smallest absolute Gasteiger partial charge is 0.312 e. The van der Waals surface area contributed by atoms with Crippen LogP contribution in [0.1, 0.15) is 62.5 Å². The lowest BCUT2D eigenvalue weighted by Crippen LogP contribution is -2.50. The van der Waals surface area contributed by atoms with Crippen LogP contribution in [0, 0.1) is 5.92 Å². The third-order valence-electron chi connectivity index (χ3n) is 5.75. The van der Waals surface area contributed by atoms with E-state index in [0.717, 1.165) is 24.0 Å². The number of carboxylic acids is 1. The Morgan fingerprint density at radius 2 is 1.89 bits per heavy atom. The van der Waals surface area contributed by atoms with Gasteiger partial charge in [-0.05, 0) is 36.8 Å². The molecule has 1 saturated carbocycles. The Morgan fingerprint density at radius 3 is 2.59 bits per heavy atom. The molecular weight excluding hydrogens is 344 g/mol. The van der Waals surface area contributed by atoms with Gasteiger partial charge in [0.1, 0.15) is 6.04 Å². The summed E-state index contributed by atoms with van der Waals surface area (Å²) in [4.78, 5) is 38.3. The molecule has 2 aliphatic rings. The van der Waals surface area contributed by atoms with E-state index in [1.807, 2.05) is 24.3 Å². The quantitative estimate of drug-likeness (QED) is 0.832. The fraction of sp³-hybridized carbons (Fsp3) is 0.571. The van der Waals surface area contributed by atoms with Gasteiger partial charge in [0.15, 0.2) is 0 Å². The molecule has 0 bridgehead atoms. The van der Waals surface area contributed by atoms with E-state index in [9.17, 15) is 19.5 Å². The minimum Gasteiger partial charge on any atom is -0.481 e. The van der Waals surface area contributed by atoms with Crippen molar-refractivity contribution >= 4 is 17.8 Å². The molecule has 0 aromatic heterocycles. The van der Waals surface area contributed by atoms with Gasteiger partial charge in [-0.15, -0.1) is 0 Å². The van der Waals surface area contributed by atoms with Crippen molar-refractivity contribution in [3.8, 4) is 0 Å². The third-order valence-corrected chi connectivity index (χ3v) is 5.75. The van der Waals surface area contributed by atoms with E-state index in [0.29, 0.717) is 18.9 Å². The number of amides is 2. The number of nitrogens with zero attached hydrogens (tertiary/aromatic N) is 1. The molecule has 27 heavy (non-hydrogen) atoms. The molecule has 2 amide bonds. The van der Waals surface area contributed by atoms with Crippen LogP contribution in [0.2, 0.25) is 0 Å². The summed E-state index contributed by atoms with van der Waals surface area (Å²) in [5.41, 5.74) is 1.62.